The van der Waals surface area contributed by atoms with Crippen LogP contribution in [0.3, 0.4) is 0 Å². The van der Waals surface area contributed by atoms with Gasteiger partial charge in [0.1, 0.15) is 5.92 Å². The lowest BCUT2D eigenvalue weighted by Gasteiger charge is -1.99. The third-order valence-electron chi connectivity index (χ3n) is 3.72. The summed E-state index contributed by atoms with van der Waals surface area (Å²) in [4.78, 5) is 28.9. The molecule has 0 heterocycles. The maximum Gasteiger partial charge on any atom is 0.179 e. The van der Waals surface area contributed by atoms with Gasteiger partial charge in [0.05, 0.1) is 5.69 Å². The van der Waals surface area contributed by atoms with E-state index in [2.05, 4.69) is 4.99 Å². The van der Waals surface area contributed by atoms with Crippen molar-refractivity contribution in [1.82, 2.24) is 0 Å². The average Bonchev–Trinajstić information content (AvgIpc) is 2.77. The molecule has 21 heavy (non-hydrogen) atoms. The Bertz CT molecular complexity index is 732. The second kappa shape index (κ2) is 5.44. The fraction of sp³-hybridized carbons (Fsp3) is 0.167. The predicted molar refractivity (Wildman–Crippen MR) is 82.6 cm³/mol. The lowest BCUT2D eigenvalue weighted by molar-refractivity contribution is 0.0886. The Morgan fingerprint density at radius 2 is 1.71 bits per heavy atom. The number of rotatable bonds is 3. The van der Waals surface area contributed by atoms with Gasteiger partial charge in [0, 0.05) is 17.3 Å². The highest BCUT2D eigenvalue weighted by Crippen LogP contribution is 2.27. The fourth-order valence-electron chi connectivity index (χ4n) is 2.49. The van der Waals surface area contributed by atoms with Crippen LogP contribution in [0.15, 0.2) is 53.5 Å². The van der Waals surface area contributed by atoms with Gasteiger partial charge in [-0.05, 0) is 30.2 Å². The molecule has 1 aliphatic carbocycles. The van der Waals surface area contributed by atoms with Crippen LogP contribution in [-0.2, 0) is 6.42 Å². The number of fused-ring (bicyclic) bond motifs is 1. The Morgan fingerprint density at radius 3 is 2.43 bits per heavy atom. The van der Waals surface area contributed by atoms with Crippen molar-refractivity contribution in [2.75, 3.05) is 0 Å². The molecule has 0 bridgehead atoms. The first kappa shape index (κ1) is 13.4. The number of ketones is 2. The molecule has 0 aliphatic heterocycles. The predicted octanol–water partition coefficient (Wildman–Crippen LogP) is 3.65. The van der Waals surface area contributed by atoms with E-state index in [1.54, 1.807) is 6.07 Å². The molecule has 3 rings (SSSR count). The molecular formula is C18H15NO2. The van der Waals surface area contributed by atoms with Crippen molar-refractivity contribution >= 4 is 23.5 Å². The van der Waals surface area contributed by atoms with Crippen LogP contribution in [0.4, 0.5) is 5.69 Å². The summed E-state index contributed by atoms with van der Waals surface area (Å²) >= 11 is 0. The molecule has 0 aromatic heterocycles. The van der Waals surface area contributed by atoms with E-state index < -0.39 is 5.92 Å². The number of carbonyl (C=O) groups is 2. The molecule has 0 amide bonds. The summed E-state index contributed by atoms with van der Waals surface area (Å²) in [6, 6.07) is 14.8. The molecule has 0 radical (unpaired) electrons. The second-order valence-corrected chi connectivity index (χ2v) is 5.05. The van der Waals surface area contributed by atoms with Gasteiger partial charge in [-0.15, -0.1) is 0 Å². The lowest BCUT2D eigenvalue weighted by Crippen LogP contribution is -2.16. The molecule has 0 spiro atoms. The number of carbonyl (C=O) groups excluding carboxylic acids is 2. The van der Waals surface area contributed by atoms with Crippen molar-refractivity contribution in [2.24, 2.45) is 10.9 Å². The van der Waals surface area contributed by atoms with Gasteiger partial charge < -0.3 is 0 Å². The van der Waals surface area contributed by atoms with E-state index in [9.17, 15) is 9.59 Å². The van der Waals surface area contributed by atoms with Crippen molar-refractivity contribution in [2.45, 2.75) is 13.3 Å². The topological polar surface area (TPSA) is 46.5 Å². The highest BCUT2D eigenvalue weighted by Gasteiger charge is 2.37. The van der Waals surface area contributed by atoms with Crippen LogP contribution in [0.25, 0.3) is 0 Å². The van der Waals surface area contributed by atoms with Crippen LogP contribution in [0.2, 0.25) is 0 Å². The number of benzene rings is 2. The Hall–Kier alpha value is -2.55. The first-order chi connectivity index (χ1) is 10.2. The summed E-state index contributed by atoms with van der Waals surface area (Å²) in [6.07, 6.45) is 2.31. The minimum atomic E-state index is -0.785. The smallest absolute Gasteiger partial charge is 0.179 e. The van der Waals surface area contributed by atoms with Crippen molar-refractivity contribution in [3.05, 3.63) is 65.2 Å². The highest BCUT2D eigenvalue weighted by molar-refractivity contribution is 6.33. The quantitative estimate of drug-likeness (QED) is 0.635. The Morgan fingerprint density at radius 1 is 1.00 bits per heavy atom. The molecule has 3 heteroatoms. The third-order valence-corrected chi connectivity index (χ3v) is 3.72. The molecule has 0 fully saturated rings. The van der Waals surface area contributed by atoms with E-state index in [4.69, 9.17) is 0 Å². The van der Waals surface area contributed by atoms with Crippen LogP contribution >= 0.6 is 0 Å². The number of hydrogen-bond acceptors (Lipinski definition) is 3. The Kier molecular flexibility index (Phi) is 3.48. The van der Waals surface area contributed by atoms with Crippen LogP contribution in [0.1, 0.15) is 33.2 Å². The zero-order valence-corrected chi connectivity index (χ0v) is 11.7. The number of hydrogen-bond donors (Lipinski definition) is 0. The number of aliphatic imine (C=N–C) groups is 1. The minimum absolute atomic E-state index is 0.148. The molecule has 0 N–H and O–H groups in total. The maximum absolute atomic E-state index is 12.4. The minimum Gasteiger partial charge on any atom is -0.293 e. The van der Waals surface area contributed by atoms with Crippen molar-refractivity contribution in [1.29, 1.82) is 0 Å². The maximum atomic E-state index is 12.4. The number of Topliss-reactive ketones (excluding diaryl/α,β-unsaturated/α-hetero) is 2. The van der Waals surface area contributed by atoms with Gasteiger partial charge in [-0.1, -0.05) is 37.3 Å². The van der Waals surface area contributed by atoms with Crippen LogP contribution in [0, 0.1) is 5.92 Å². The summed E-state index contributed by atoms with van der Waals surface area (Å²) in [5, 5.41) is 0. The first-order valence-corrected chi connectivity index (χ1v) is 7.01. The SMILES string of the molecule is CCc1ccc2c(c1)C(=O)C(C=Nc1ccccc1)C2=O. The van der Waals surface area contributed by atoms with Crippen molar-refractivity contribution < 1.29 is 9.59 Å². The number of para-hydroxylation sites is 1. The van der Waals surface area contributed by atoms with Gasteiger partial charge in [-0.25, -0.2) is 0 Å². The van der Waals surface area contributed by atoms with E-state index >= 15 is 0 Å². The van der Waals surface area contributed by atoms with E-state index in [1.165, 1.54) is 6.21 Å². The molecule has 0 saturated heterocycles. The molecule has 2 aromatic carbocycles. The molecule has 2 aromatic rings. The molecular weight excluding hydrogens is 262 g/mol. The Labute approximate surface area is 123 Å². The van der Waals surface area contributed by atoms with Gasteiger partial charge in [0.15, 0.2) is 11.6 Å². The number of nitrogens with zero attached hydrogens (tertiary/aromatic N) is 1. The van der Waals surface area contributed by atoms with Gasteiger partial charge >= 0.3 is 0 Å². The van der Waals surface area contributed by atoms with E-state index in [0.29, 0.717) is 11.1 Å². The normalized spacial score (nSPS) is 17.5. The van der Waals surface area contributed by atoms with Gasteiger partial charge in [0.25, 0.3) is 0 Å². The summed E-state index contributed by atoms with van der Waals surface area (Å²) in [6.45, 7) is 2.03. The average molecular weight is 277 g/mol. The van der Waals surface area contributed by atoms with Gasteiger partial charge in [-0.3, -0.25) is 14.6 Å². The van der Waals surface area contributed by atoms with E-state index in [1.807, 2.05) is 49.4 Å². The van der Waals surface area contributed by atoms with Gasteiger partial charge in [0.2, 0.25) is 0 Å². The summed E-state index contributed by atoms with van der Waals surface area (Å²) in [5.74, 6) is -1.09. The number of aryl methyl sites for hydroxylation is 1. The standard InChI is InChI=1S/C18H15NO2/c1-2-12-8-9-14-15(10-12)18(21)16(17(14)20)11-19-13-6-4-3-5-7-13/h3-11,16H,2H2,1H3. The summed E-state index contributed by atoms with van der Waals surface area (Å²) in [5.41, 5.74) is 2.85. The molecule has 3 nitrogen and oxygen atoms in total. The largest absolute Gasteiger partial charge is 0.293 e. The van der Waals surface area contributed by atoms with Crippen LogP contribution < -0.4 is 0 Å². The van der Waals surface area contributed by atoms with E-state index in [-0.39, 0.29) is 11.6 Å². The zero-order chi connectivity index (χ0) is 14.8. The van der Waals surface area contributed by atoms with Crippen molar-refractivity contribution in [3.8, 4) is 0 Å². The highest BCUT2D eigenvalue weighted by atomic mass is 16.2. The van der Waals surface area contributed by atoms with E-state index in [0.717, 1.165) is 17.7 Å². The third kappa shape index (κ3) is 2.42. The first-order valence-electron chi connectivity index (χ1n) is 7.01. The second-order valence-electron chi connectivity index (χ2n) is 5.05. The molecule has 104 valence electrons. The molecule has 1 aliphatic rings. The summed E-state index contributed by atoms with van der Waals surface area (Å²) in [7, 11) is 0. The molecule has 0 saturated carbocycles. The van der Waals surface area contributed by atoms with Crippen molar-refractivity contribution in [3.63, 3.8) is 0 Å². The van der Waals surface area contributed by atoms with Crippen LogP contribution in [-0.4, -0.2) is 17.8 Å². The molecule has 1 atom stereocenters. The van der Waals surface area contributed by atoms with Gasteiger partial charge in [-0.2, -0.15) is 0 Å². The fourth-order valence-corrected chi connectivity index (χ4v) is 2.49. The summed E-state index contributed by atoms with van der Waals surface area (Å²) < 4.78 is 0. The Balaban J connectivity index is 1.91. The lowest BCUT2D eigenvalue weighted by atomic mass is 10.0. The monoisotopic (exact) mass is 277 g/mol. The zero-order valence-electron chi connectivity index (χ0n) is 11.7. The van der Waals surface area contributed by atoms with Crippen LogP contribution in [0.5, 0.6) is 0 Å². The molecule has 1 unspecified atom stereocenters.